The molecule has 1 atom stereocenters. The van der Waals surface area contributed by atoms with Crippen molar-refractivity contribution < 1.29 is 14.3 Å². The summed E-state index contributed by atoms with van der Waals surface area (Å²) in [5.74, 6) is 1.58. The number of ether oxygens (including phenoxy) is 2. The minimum Gasteiger partial charge on any atom is -0.493 e. The van der Waals surface area contributed by atoms with Gasteiger partial charge in [-0.3, -0.25) is 0 Å². The molecule has 3 rings (SSSR count). The minimum atomic E-state index is -0.424. The van der Waals surface area contributed by atoms with Crippen LogP contribution in [0.5, 0.6) is 5.75 Å². The van der Waals surface area contributed by atoms with Gasteiger partial charge in [0, 0.05) is 23.1 Å². The quantitative estimate of drug-likeness (QED) is 0.585. The average molecular weight is 438 g/mol. The van der Waals surface area contributed by atoms with E-state index in [0.29, 0.717) is 11.3 Å². The van der Waals surface area contributed by atoms with Crippen molar-refractivity contribution in [2.24, 2.45) is 11.3 Å². The number of carbonyl (C=O) groups is 1. The second-order valence-corrected chi connectivity index (χ2v) is 10.1. The molecule has 150 valence electrons. The van der Waals surface area contributed by atoms with Crippen LogP contribution in [0.3, 0.4) is 0 Å². The lowest BCUT2D eigenvalue weighted by Crippen LogP contribution is -2.44. The van der Waals surface area contributed by atoms with Crippen molar-refractivity contribution in [3.05, 3.63) is 28.2 Å². The van der Waals surface area contributed by atoms with E-state index in [-0.39, 0.29) is 6.09 Å². The predicted molar refractivity (Wildman–Crippen MR) is 111 cm³/mol. The van der Waals surface area contributed by atoms with E-state index in [1.807, 2.05) is 43.9 Å². The number of amides is 1. The first-order chi connectivity index (χ1) is 12.7. The fourth-order valence-electron chi connectivity index (χ4n) is 4.36. The summed E-state index contributed by atoms with van der Waals surface area (Å²) in [7, 11) is 0. The highest BCUT2D eigenvalue weighted by atomic mass is 79.9. The van der Waals surface area contributed by atoms with Gasteiger partial charge in [0.15, 0.2) is 0 Å². The molecule has 0 aromatic heterocycles. The van der Waals surface area contributed by atoms with Gasteiger partial charge in [0.05, 0.1) is 6.61 Å². The molecule has 1 aliphatic heterocycles. The van der Waals surface area contributed by atoms with Crippen LogP contribution in [0, 0.1) is 18.3 Å². The fraction of sp³-hybridized carbons (Fsp3) is 0.682. The number of hydrogen-bond donors (Lipinski definition) is 0. The molecule has 5 heteroatoms. The Kier molecular flexibility index (Phi) is 6.09. The van der Waals surface area contributed by atoms with E-state index in [1.54, 1.807) is 0 Å². The van der Waals surface area contributed by atoms with E-state index in [9.17, 15) is 4.79 Å². The third kappa shape index (κ3) is 5.18. The predicted octanol–water partition coefficient (Wildman–Crippen LogP) is 5.95. The minimum absolute atomic E-state index is 0.166. The van der Waals surface area contributed by atoms with Gasteiger partial charge in [-0.15, -0.1) is 0 Å². The van der Waals surface area contributed by atoms with Crippen LogP contribution in [0.4, 0.5) is 4.79 Å². The van der Waals surface area contributed by atoms with Crippen LogP contribution in [0.15, 0.2) is 22.7 Å². The molecule has 1 heterocycles. The first-order valence-electron chi connectivity index (χ1n) is 10.0. The van der Waals surface area contributed by atoms with Crippen molar-refractivity contribution >= 4 is 22.0 Å². The van der Waals surface area contributed by atoms with E-state index in [2.05, 4.69) is 22.9 Å². The molecule has 2 fully saturated rings. The molecular formula is C22H32BrNO3. The van der Waals surface area contributed by atoms with E-state index in [1.165, 1.54) is 19.3 Å². The Morgan fingerprint density at radius 2 is 1.96 bits per heavy atom. The zero-order valence-corrected chi connectivity index (χ0v) is 18.6. The maximum absolute atomic E-state index is 12.3. The number of carbonyl (C=O) groups excluding carboxylic acids is 1. The van der Waals surface area contributed by atoms with Crippen molar-refractivity contribution in [2.75, 3.05) is 19.7 Å². The molecule has 1 saturated heterocycles. The molecule has 1 aromatic rings. The van der Waals surface area contributed by atoms with Gasteiger partial charge < -0.3 is 14.4 Å². The molecule has 1 aliphatic carbocycles. The zero-order valence-electron chi connectivity index (χ0n) is 17.0. The summed E-state index contributed by atoms with van der Waals surface area (Å²) in [5, 5.41) is 0. The zero-order chi connectivity index (χ0) is 19.7. The Labute approximate surface area is 171 Å². The molecule has 2 aliphatic rings. The van der Waals surface area contributed by atoms with Gasteiger partial charge in [-0.2, -0.15) is 0 Å². The maximum Gasteiger partial charge on any atom is 0.410 e. The van der Waals surface area contributed by atoms with Crippen LogP contribution in [0.1, 0.15) is 58.4 Å². The first kappa shape index (κ1) is 20.5. The van der Waals surface area contributed by atoms with Gasteiger partial charge in [0.1, 0.15) is 11.4 Å². The second-order valence-electron chi connectivity index (χ2n) is 9.25. The molecule has 1 aromatic carbocycles. The van der Waals surface area contributed by atoms with Gasteiger partial charge in [0.2, 0.25) is 0 Å². The summed E-state index contributed by atoms with van der Waals surface area (Å²) in [6.45, 7) is 10.3. The summed E-state index contributed by atoms with van der Waals surface area (Å²) in [5.41, 5.74) is 1.13. The Morgan fingerprint density at radius 3 is 2.63 bits per heavy atom. The topological polar surface area (TPSA) is 38.8 Å². The lowest BCUT2D eigenvalue weighted by atomic mass is 9.76. The normalized spacial score (nSPS) is 22.1. The first-order valence-corrected chi connectivity index (χ1v) is 10.8. The van der Waals surface area contributed by atoms with Crippen LogP contribution in [0.2, 0.25) is 0 Å². The highest BCUT2D eigenvalue weighted by molar-refractivity contribution is 9.10. The number of hydrogen-bond acceptors (Lipinski definition) is 3. The molecular weight excluding hydrogens is 406 g/mol. The van der Waals surface area contributed by atoms with Gasteiger partial charge in [0.25, 0.3) is 0 Å². The molecule has 4 nitrogen and oxygen atoms in total. The smallest absolute Gasteiger partial charge is 0.410 e. The molecule has 1 saturated carbocycles. The Morgan fingerprint density at radius 1 is 1.26 bits per heavy atom. The molecule has 0 bridgehead atoms. The summed E-state index contributed by atoms with van der Waals surface area (Å²) >= 11 is 3.57. The number of nitrogens with zero attached hydrogens (tertiary/aromatic N) is 1. The van der Waals surface area contributed by atoms with Gasteiger partial charge in [-0.05, 0) is 83.3 Å². The highest BCUT2D eigenvalue weighted by Gasteiger charge is 2.42. The molecule has 1 spiro atoms. The lowest BCUT2D eigenvalue weighted by Gasteiger charge is -2.40. The highest BCUT2D eigenvalue weighted by Crippen LogP contribution is 2.49. The van der Waals surface area contributed by atoms with Gasteiger partial charge in [-0.1, -0.05) is 22.0 Å². The number of halogens is 1. The van der Waals surface area contributed by atoms with Gasteiger partial charge in [-0.25, -0.2) is 4.79 Å². The van der Waals surface area contributed by atoms with Crippen LogP contribution in [-0.2, 0) is 4.74 Å². The summed E-state index contributed by atoms with van der Waals surface area (Å²) in [6, 6.07) is 6.12. The lowest BCUT2D eigenvalue weighted by molar-refractivity contribution is 0.00999. The van der Waals surface area contributed by atoms with Crippen molar-refractivity contribution in [3.63, 3.8) is 0 Å². The van der Waals surface area contributed by atoms with E-state index in [0.717, 1.165) is 48.3 Å². The van der Waals surface area contributed by atoms with Crippen molar-refractivity contribution in [2.45, 2.75) is 65.4 Å². The second kappa shape index (κ2) is 8.02. The van der Waals surface area contributed by atoms with Gasteiger partial charge >= 0.3 is 6.09 Å². The number of rotatable bonds is 3. The summed E-state index contributed by atoms with van der Waals surface area (Å²) in [6.07, 6.45) is 5.68. The fourth-order valence-corrected chi connectivity index (χ4v) is 4.71. The Bertz CT molecular complexity index is 675. The monoisotopic (exact) mass is 437 g/mol. The van der Waals surface area contributed by atoms with Crippen molar-refractivity contribution in [1.29, 1.82) is 0 Å². The van der Waals surface area contributed by atoms with Crippen LogP contribution in [0.25, 0.3) is 0 Å². The standard InChI is InChI=1S/C22H32BrNO3/c1-16-18(23)6-5-7-19(16)26-15-17-8-9-22(14-17)10-12-24(13-11-22)20(25)27-21(2,3)4/h5-7,17H,8-15H2,1-4H3/t17-/m0/s1. The summed E-state index contributed by atoms with van der Waals surface area (Å²) < 4.78 is 12.8. The van der Waals surface area contributed by atoms with E-state index in [4.69, 9.17) is 9.47 Å². The van der Waals surface area contributed by atoms with Crippen LogP contribution < -0.4 is 4.74 Å². The molecule has 27 heavy (non-hydrogen) atoms. The summed E-state index contributed by atoms with van der Waals surface area (Å²) in [4.78, 5) is 14.2. The average Bonchev–Trinajstić information content (AvgIpc) is 2.98. The van der Waals surface area contributed by atoms with Crippen LogP contribution >= 0.6 is 15.9 Å². The maximum atomic E-state index is 12.3. The number of piperidine rings is 1. The molecule has 0 N–H and O–H groups in total. The third-order valence-corrected chi connectivity index (χ3v) is 6.83. The number of likely N-dealkylation sites (tertiary alicyclic amines) is 1. The van der Waals surface area contributed by atoms with E-state index >= 15 is 0 Å². The Balaban J connectivity index is 1.48. The SMILES string of the molecule is Cc1c(Br)cccc1OC[C@H]1CCC2(CCN(C(=O)OC(C)(C)C)CC2)C1. The van der Waals surface area contributed by atoms with Crippen molar-refractivity contribution in [1.82, 2.24) is 4.90 Å². The molecule has 0 radical (unpaired) electrons. The Hall–Kier alpha value is -1.23. The van der Waals surface area contributed by atoms with Crippen molar-refractivity contribution in [3.8, 4) is 5.75 Å². The van der Waals surface area contributed by atoms with E-state index < -0.39 is 5.60 Å². The molecule has 1 amide bonds. The largest absolute Gasteiger partial charge is 0.493 e. The molecule has 0 unspecified atom stereocenters. The van der Waals surface area contributed by atoms with Crippen LogP contribution in [-0.4, -0.2) is 36.3 Å². The third-order valence-electron chi connectivity index (χ3n) is 5.97. The number of benzene rings is 1.